The van der Waals surface area contributed by atoms with Crippen molar-refractivity contribution in [1.29, 1.82) is 0 Å². The Labute approximate surface area is 167 Å². The van der Waals surface area contributed by atoms with Crippen LogP contribution in [0, 0.1) is 0 Å². The number of piperazine rings is 1. The Morgan fingerprint density at radius 1 is 1.36 bits per heavy atom. The Hall–Kier alpha value is -2.54. The zero-order valence-electron chi connectivity index (χ0n) is 17.3. The summed E-state index contributed by atoms with van der Waals surface area (Å²) < 4.78 is 10.7. The van der Waals surface area contributed by atoms with Gasteiger partial charge in [0.25, 0.3) is 0 Å². The van der Waals surface area contributed by atoms with Gasteiger partial charge in [0, 0.05) is 44.4 Å². The number of hydrogen-bond donors (Lipinski definition) is 1. The highest BCUT2D eigenvalue weighted by atomic mass is 16.5. The Balaban J connectivity index is 2.17. The molecule has 1 aliphatic rings. The van der Waals surface area contributed by atoms with E-state index >= 15 is 0 Å². The van der Waals surface area contributed by atoms with Crippen LogP contribution in [0.3, 0.4) is 0 Å². The Bertz CT molecular complexity index is 720. The molecule has 1 aromatic rings. The molecule has 1 atom stereocenters. The summed E-state index contributed by atoms with van der Waals surface area (Å²) in [5.41, 5.74) is 1.87. The molecule has 0 saturated carbocycles. The number of likely N-dealkylation sites (N-methyl/N-ethyl adjacent to an activating group) is 1. The van der Waals surface area contributed by atoms with Gasteiger partial charge in [0.1, 0.15) is 11.5 Å². The zero-order chi connectivity index (χ0) is 20.7. The molecule has 1 unspecified atom stereocenters. The minimum Gasteiger partial charge on any atom is -0.497 e. The van der Waals surface area contributed by atoms with E-state index in [1.54, 1.807) is 19.1 Å². The number of nitrogens with zero attached hydrogens (tertiary/aromatic N) is 2. The van der Waals surface area contributed by atoms with Crippen molar-refractivity contribution < 1.29 is 19.1 Å². The predicted molar refractivity (Wildman–Crippen MR) is 108 cm³/mol. The summed E-state index contributed by atoms with van der Waals surface area (Å²) in [6.45, 7) is 10.6. The summed E-state index contributed by atoms with van der Waals surface area (Å²) in [7, 11) is 3.22. The average molecular weight is 389 g/mol. The fraction of sp³-hybridized carbons (Fsp3) is 0.524. The van der Waals surface area contributed by atoms with Gasteiger partial charge in [-0.05, 0) is 19.9 Å². The molecule has 1 fully saturated rings. The number of amides is 2. The average Bonchev–Trinajstić information content (AvgIpc) is 2.68. The maximum Gasteiger partial charge on any atom is 0.237 e. The molecule has 1 N–H and O–H groups in total. The van der Waals surface area contributed by atoms with E-state index in [0.29, 0.717) is 44.2 Å². The molecule has 1 heterocycles. The van der Waals surface area contributed by atoms with E-state index < -0.39 is 6.04 Å². The summed E-state index contributed by atoms with van der Waals surface area (Å²) in [4.78, 5) is 29.1. The number of nitrogens with one attached hydrogen (secondary N) is 1. The van der Waals surface area contributed by atoms with Gasteiger partial charge in [0.15, 0.2) is 0 Å². The second-order valence-electron chi connectivity index (χ2n) is 7.02. The zero-order valence-corrected chi connectivity index (χ0v) is 17.3. The predicted octanol–water partition coefficient (Wildman–Crippen LogP) is 1.82. The van der Waals surface area contributed by atoms with Gasteiger partial charge in [-0.1, -0.05) is 18.2 Å². The first-order valence-corrected chi connectivity index (χ1v) is 9.54. The van der Waals surface area contributed by atoms with Crippen molar-refractivity contribution in [3.8, 4) is 11.5 Å². The largest absolute Gasteiger partial charge is 0.497 e. The third-order valence-electron chi connectivity index (χ3n) is 4.87. The third kappa shape index (κ3) is 5.48. The van der Waals surface area contributed by atoms with Crippen molar-refractivity contribution in [2.45, 2.75) is 32.9 Å². The molecule has 7 nitrogen and oxygen atoms in total. The smallest absolute Gasteiger partial charge is 0.237 e. The maximum atomic E-state index is 12.8. The van der Waals surface area contributed by atoms with Gasteiger partial charge >= 0.3 is 0 Å². The van der Waals surface area contributed by atoms with Crippen molar-refractivity contribution in [1.82, 2.24) is 15.1 Å². The molecule has 1 aromatic carbocycles. The van der Waals surface area contributed by atoms with Gasteiger partial charge < -0.3 is 19.7 Å². The van der Waals surface area contributed by atoms with Gasteiger partial charge in [-0.25, -0.2) is 0 Å². The summed E-state index contributed by atoms with van der Waals surface area (Å²) in [6.07, 6.45) is 0.144. The van der Waals surface area contributed by atoms with E-state index in [4.69, 9.17) is 9.47 Å². The first-order valence-electron chi connectivity index (χ1n) is 9.54. The van der Waals surface area contributed by atoms with Crippen molar-refractivity contribution in [2.24, 2.45) is 0 Å². The second kappa shape index (κ2) is 10.1. The number of hydrogen-bond acceptors (Lipinski definition) is 5. The van der Waals surface area contributed by atoms with Crippen LogP contribution < -0.4 is 14.8 Å². The van der Waals surface area contributed by atoms with E-state index in [2.05, 4.69) is 11.9 Å². The van der Waals surface area contributed by atoms with Gasteiger partial charge in [-0.3, -0.25) is 14.5 Å². The number of methoxy groups -OCH3 is 2. The molecule has 28 heavy (non-hydrogen) atoms. The van der Waals surface area contributed by atoms with Crippen molar-refractivity contribution in [3.63, 3.8) is 0 Å². The van der Waals surface area contributed by atoms with Gasteiger partial charge in [-0.2, -0.15) is 0 Å². The van der Waals surface area contributed by atoms with Gasteiger partial charge in [0.2, 0.25) is 11.8 Å². The maximum absolute atomic E-state index is 12.8. The first kappa shape index (κ1) is 21.8. The Kier molecular flexibility index (Phi) is 7.87. The fourth-order valence-electron chi connectivity index (χ4n) is 3.37. The van der Waals surface area contributed by atoms with Crippen molar-refractivity contribution >= 4 is 11.8 Å². The van der Waals surface area contributed by atoms with Crippen LogP contribution in [-0.4, -0.2) is 68.1 Å². The molecule has 2 amide bonds. The molecule has 1 aliphatic heterocycles. The first-order chi connectivity index (χ1) is 13.4. The van der Waals surface area contributed by atoms with Crippen LogP contribution in [0.2, 0.25) is 0 Å². The Morgan fingerprint density at radius 3 is 2.71 bits per heavy atom. The number of carbonyl (C=O) groups is 2. The molecule has 0 aromatic heterocycles. The van der Waals surface area contributed by atoms with Crippen molar-refractivity contribution in [3.05, 3.63) is 35.9 Å². The van der Waals surface area contributed by atoms with Crippen LogP contribution >= 0.6 is 0 Å². The van der Waals surface area contributed by atoms with Gasteiger partial charge in [0.05, 0.1) is 26.7 Å². The van der Waals surface area contributed by atoms with E-state index in [1.165, 1.54) is 0 Å². The lowest BCUT2D eigenvalue weighted by Crippen LogP contribution is -2.56. The highest BCUT2D eigenvalue weighted by Crippen LogP contribution is 2.27. The van der Waals surface area contributed by atoms with Crippen LogP contribution in [0.15, 0.2) is 30.4 Å². The molecule has 0 bridgehead atoms. The molecule has 0 spiro atoms. The van der Waals surface area contributed by atoms with E-state index in [1.807, 2.05) is 36.9 Å². The fourth-order valence-corrected chi connectivity index (χ4v) is 3.37. The quantitative estimate of drug-likeness (QED) is 0.653. The SMILES string of the molecule is C=C(C)CN(CC)C(=O)CC1C(=O)NCCN1Cc1ccc(OC)cc1OC. The number of rotatable bonds is 9. The molecular formula is C21H31N3O4. The highest BCUT2D eigenvalue weighted by Gasteiger charge is 2.33. The normalized spacial score (nSPS) is 17.0. The van der Waals surface area contributed by atoms with Crippen LogP contribution in [0.4, 0.5) is 0 Å². The molecule has 154 valence electrons. The van der Waals surface area contributed by atoms with Gasteiger partial charge in [-0.15, -0.1) is 0 Å². The third-order valence-corrected chi connectivity index (χ3v) is 4.87. The molecule has 0 aliphatic carbocycles. The standard InChI is InChI=1S/C21H31N3O4/c1-6-23(13-15(2)3)20(25)12-18-21(26)22-9-10-24(18)14-16-7-8-17(27-4)11-19(16)28-5/h7-8,11,18H,2,6,9-10,12-14H2,1,3-5H3,(H,22,26). The molecule has 1 saturated heterocycles. The lowest BCUT2D eigenvalue weighted by atomic mass is 10.1. The minimum absolute atomic E-state index is 0.0424. The number of carbonyl (C=O) groups excluding carboxylic acids is 2. The minimum atomic E-state index is -0.507. The molecule has 7 heteroatoms. The van der Waals surface area contributed by atoms with E-state index in [0.717, 1.165) is 11.1 Å². The van der Waals surface area contributed by atoms with Crippen LogP contribution in [0.25, 0.3) is 0 Å². The lowest BCUT2D eigenvalue weighted by molar-refractivity contribution is -0.138. The highest BCUT2D eigenvalue weighted by molar-refractivity contribution is 5.89. The summed E-state index contributed by atoms with van der Waals surface area (Å²) in [6, 6.07) is 5.12. The number of ether oxygens (including phenoxy) is 2. The monoisotopic (exact) mass is 389 g/mol. The molecule has 2 rings (SSSR count). The van der Waals surface area contributed by atoms with E-state index in [-0.39, 0.29) is 18.2 Å². The molecular weight excluding hydrogens is 358 g/mol. The Morgan fingerprint density at radius 2 is 2.11 bits per heavy atom. The summed E-state index contributed by atoms with van der Waals surface area (Å²) >= 11 is 0. The summed E-state index contributed by atoms with van der Waals surface area (Å²) in [5.74, 6) is 1.26. The van der Waals surface area contributed by atoms with Crippen LogP contribution in [-0.2, 0) is 16.1 Å². The van der Waals surface area contributed by atoms with Crippen LogP contribution in [0.1, 0.15) is 25.8 Å². The lowest BCUT2D eigenvalue weighted by Gasteiger charge is -2.36. The topological polar surface area (TPSA) is 71.1 Å². The van der Waals surface area contributed by atoms with E-state index in [9.17, 15) is 9.59 Å². The summed E-state index contributed by atoms with van der Waals surface area (Å²) in [5, 5.41) is 2.88. The molecule has 0 radical (unpaired) electrons. The van der Waals surface area contributed by atoms with Crippen molar-refractivity contribution in [2.75, 3.05) is 40.4 Å². The second-order valence-corrected chi connectivity index (χ2v) is 7.02. The van der Waals surface area contributed by atoms with Crippen LogP contribution in [0.5, 0.6) is 11.5 Å². The number of benzene rings is 1.